The van der Waals surface area contributed by atoms with Gasteiger partial charge in [0, 0.05) is 11.1 Å². The van der Waals surface area contributed by atoms with E-state index in [-0.39, 0.29) is 11.6 Å². The van der Waals surface area contributed by atoms with Crippen LogP contribution in [-0.4, -0.2) is 16.7 Å². The number of rotatable bonds is 0. The zero-order valence-corrected chi connectivity index (χ0v) is 13.7. The van der Waals surface area contributed by atoms with Crippen molar-refractivity contribution < 1.29 is 14.7 Å². The van der Waals surface area contributed by atoms with Crippen molar-refractivity contribution in [2.45, 2.75) is 6.92 Å². The number of phenolic OH excluding ortho intramolecular Hbond substituents is 1. The van der Waals surface area contributed by atoms with E-state index >= 15 is 0 Å². The lowest BCUT2D eigenvalue weighted by molar-refractivity contribution is 0.0994. The van der Waals surface area contributed by atoms with Crippen LogP contribution in [0.1, 0.15) is 26.3 Å². The number of nitrogens with zero attached hydrogens (tertiary/aromatic N) is 6. The number of aromatic hydroxyl groups is 1. The number of allylic oxidation sites excluding steroid dienone is 2. The molecule has 0 fully saturated rings. The van der Waals surface area contributed by atoms with Crippen LogP contribution in [0.4, 0.5) is 0 Å². The molecule has 1 aliphatic carbocycles. The number of para-hydroxylation sites is 1. The lowest BCUT2D eigenvalue weighted by Gasteiger charge is -2.06. The minimum absolute atomic E-state index is 0.0924. The molecule has 9 nitrogen and oxygen atoms in total. The van der Waals surface area contributed by atoms with E-state index in [4.69, 9.17) is 27.2 Å². The summed E-state index contributed by atoms with van der Waals surface area (Å²) < 4.78 is 0. The van der Waals surface area contributed by atoms with Gasteiger partial charge in [-0.3, -0.25) is 19.4 Å². The first kappa shape index (κ1) is 21.9. The maximum absolute atomic E-state index is 11.2. The van der Waals surface area contributed by atoms with Crippen molar-refractivity contribution in [3.63, 3.8) is 0 Å². The molecule has 0 atom stereocenters. The van der Waals surface area contributed by atoms with Crippen molar-refractivity contribution in [3.8, 4) is 5.75 Å². The molecule has 3 rings (SSSR count). The Hall–Kier alpha value is -4.06. The van der Waals surface area contributed by atoms with Crippen molar-refractivity contribution >= 4 is 11.6 Å². The Morgan fingerprint density at radius 2 is 1.08 bits per heavy atom. The van der Waals surface area contributed by atoms with Crippen molar-refractivity contribution in [1.29, 1.82) is 0 Å². The summed E-state index contributed by atoms with van der Waals surface area (Å²) >= 11 is 0. The van der Waals surface area contributed by atoms with Crippen molar-refractivity contribution in [1.82, 2.24) is 0 Å². The van der Waals surface area contributed by atoms with Gasteiger partial charge in [-0.2, -0.15) is 0 Å². The molecule has 0 aliphatic heterocycles. The average Bonchev–Trinajstić information content (AvgIpc) is 2.63. The fraction of sp³-hybridized carbons (Fsp3) is 0.0588. The second kappa shape index (κ2) is 12.4. The molecule has 9 heteroatoms. The molecule has 0 amide bonds. The fourth-order valence-corrected chi connectivity index (χ4v) is 1.81. The van der Waals surface area contributed by atoms with E-state index in [1.807, 2.05) is 25.1 Å². The largest absolute Gasteiger partial charge is 0.508 e. The van der Waals surface area contributed by atoms with Crippen LogP contribution in [0.5, 0.6) is 5.75 Å². The number of phenols is 1. The van der Waals surface area contributed by atoms with Crippen LogP contribution < -0.4 is 0 Å². The minimum atomic E-state index is -0.0924. The number of aryl methyl sites for hydroxylation is 1. The topological polar surface area (TPSA) is 172 Å². The Bertz CT molecular complexity index is 794. The number of fused-ring (bicyclic) bond motifs is 1. The van der Waals surface area contributed by atoms with Crippen LogP contribution >= 0.6 is 0 Å². The van der Waals surface area contributed by atoms with Crippen LogP contribution in [0.3, 0.4) is 0 Å². The summed E-state index contributed by atoms with van der Waals surface area (Å²) in [5.41, 5.74) is 28.9. The lowest BCUT2D eigenvalue weighted by atomic mass is 9.95. The highest BCUT2D eigenvalue weighted by atomic mass is 16.3. The Labute approximate surface area is 149 Å². The predicted octanol–water partition coefficient (Wildman–Crippen LogP) is 5.05. The van der Waals surface area contributed by atoms with Gasteiger partial charge in [0.05, 0.1) is 0 Å². The highest BCUT2D eigenvalue weighted by Crippen LogP contribution is 2.15. The standard InChI is InChI=1S/C10H6O2.C7H8O.2N3/c11-9-5-6-10(12)8-4-2-1-3-7(8)9;1-6-4-2-3-5-7(6)8;2*1-3-2/h1-6H;2-5,8H,1H3;;/q;;2*-1. The van der Waals surface area contributed by atoms with Crippen molar-refractivity contribution in [2.75, 3.05) is 0 Å². The molecule has 0 aromatic heterocycles. The molecule has 0 unspecified atom stereocenters. The van der Waals surface area contributed by atoms with Gasteiger partial charge in [0.15, 0.2) is 11.6 Å². The summed E-state index contributed by atoms with van der Waals surface area (Å²) in [5, 5.41) is 8.92. The van der Waals surface area contributed by atoms with Crippen LogP contribution in [0.25, 0.3) is 31.9 Å². The van der Waals surface area contributed by atoms with Crippen LogP contribution in [0.15, 0.2) is 60.7 Å². The van der Waals surface area contributed by atoms with Gasteiger partial charge in [-0.05, 0) is 30.7 Å². The molecule has 1 N–H and O–H groups in total. The second-order valence-electron chi connectivity index (χ2n) is 4.57. The third-order valence-electron chi connectivity index (χ3n) is 2.96. The average molecular weight is 350 g/mol. The molecular formula is C17H14N6O3-2. The maximum Gasteiger partial charge on any atom is 0.186 e. The van der Waals surface area contributed by atoms with Crippen LogP contribution in [0, 0.1) is 6.92 Å². The summed E-state index contributed by atoms with van der Waals surface area (Å²) in [6.07, 6.45) is 2.62. The number of hydrogen-bond donors (Lipinski definition) is 1. The van der Waals surface area contributed by atoms with E-state index < -0.39 is 0 Å². The molecule has 0 spiro atoms. The number of hydrogen-bond acceptors (Lipinski definition) is 3. The molecular weight excluding hydrogens is 336 g/mol. The van der Waals surface area contributed by atoms with Crippen molar-refractivity contribution in [3.05, 3.63) is 109 Å². The molecule has 0 radical (unpaired) electrons. The van der Waals surface area contributed by atoms with Gasteiger partial charge in [0.1, 0.15) is 5.75 Å². The van der Waals surface area contributed by atoms with Gasteiger partial charge in [-0.15, -0.1) is 0 Å². The fourth-order valence-electron chi connectivity index (χ4n) is 1.81. The molecule has 0 saturated heterocycles. The van der Waals surface area contributed by atoms with E-state index in [1.54, 1.807) is 30.3 Å². The molecule has 1 aliphatic rings. The molecule has 0 bridgehead atoms. The Morgan fingerprint density at radius 1 is 0.731 bits per heavy atom. The Kier molecular flexibility index (Phi) is 10.4. The zero-order chi connectivity index (χ0) is 19.9. The van der Waals surface area contributed by atoms with Gasteiger partial charge in [0.25, 0.3) is 0 Å². The Morgan fingerprint density at radius 3 is 1.38 bits per heavy atom. The summed E-state index contributed by atoms with van der Waals surface area (Å²) in [7, 11) is 0. The third-order valence-corrected chi connectivity index (χ3v) is 2.96. The molecule has 2 aromatic carbocycles. The molecule has 0 heterocycles. The SMILES string of the molecule is Cc1ccccc1O.O=C1C=CC(=O)c2ccccc21.[N-]=[N+]=[N-].[N-]=[N+]=[N-]. The van der Waals surface area contributed by atoms with Gasteiger partial charge in [-0.25, -0.2) is 0 Å². The van der Waals surface area contributed by atoms with E-state index in [9.17, 15) is 9.59 Å². The van der Waals surface area contributed by atoms with Crippen LogP contribution in [-0.2, 0) is 0 Å². The predicted molar refractivity (Wildman–Crippen MR) is 97.2 cm³/mol. The summed E-state index contributed by atoms with van der Waals surface area (Å²) in [4.78, 5) is 25.4. The zero-order valence-electron chi connectivity index (χ0n) is 13.7. The number of carbonyl (C=O) groups excluding carboxylic acids is 2. The first-order valence-corrected chi connectivity index (χ1v) is 7.00. The summed E-state index contributed by atoms with van der Waals surface area (Å²) in [6.45, 7) is 1.87. The lowest BCUT2D eigenvalue weighted by Crippen LogP contribution is -2.10. The third kappa shape index (κ3) is 7.47. The summed E-state index contributed by atoms with van der Waals surface area (Å²) in [5.74, 6) is 0.183. The normalized spacial score (nSPS) is 10.2. The number of carbonyl (C=O) groups is 2. The van der Waals surface area contributed by atoms with E-state index in [0.29, 0.717) is 16.9 Å². The van der Waals surface area contributed by atoms with E-state index in [2.05, 4.69) is 0 Å². The van der Waals surface area contributed by atoms with Gasteiger partial charge in [0.2, 0.25) is 0 Å². The number of ketones is 2. The smallest absolute Gasteiger partial charge is 0.186 e. The van der Waals surface area contributed by atoms with Gasteiger partial charge >= 0.3 is 0 Å². The highest BCUT2D eigenvalue weighted by molar-refractivity contribution is 6.21. The van der Waals surface area contributed by atoms with E-state index in [0.717, 1.165) is 5.56 Å². The Balaban J connectivity index is 0.000000387. The van der Waals surface area contributed by atoms with Crippen molar-refractivity contribution in [2.24, 2.45) is 0 Å². The molecule has 0 saturated carbocycles. The molecule has 26 heavy (non-hydrogen) atoms. The first-order valence-electron chi connectivity index (χ1n) is 7.00. The van der Waals surface area contributed by atoms with Gasteiger partial charge in [-0.1, -0.05) is 42.5 Å². The quantitative estimate of drug-likeness (QED) is 0.398. The molecule has 132 valence electrons. The number of benzene rings is 2. The minimum Gasteiger partial charge on any atom is -0.508 e. The first-order chi connectivity index (χ1) is 12.4. The van der Waals surface area contributed by atoms with Crippen LogP contribution in [0.2, 0.25) is 0 Å². The van der Waals surface area contributed by atoms with E-state index in [1.165, 1.54) is 22.0 Å². The maximum atomic E-state index is 11.2. The summed E-state index contributed by atoms with van der Waals surface area (Å²) in [6, 6.07) is 14.1. The second-order valence-corrected chi connectivity index (χ2v) is 4.57. The van der Waals surface area contributed by atoms with Gasteiger partial charge < -0.3 is 27.2 Å². The highest BCUT2D eigenvalue weighted by Gasteiger charge is 2.16. The monoisotopic (exact) mass is 350 g/mol. The molecule has 2 aromatic rings.